The molecule has 0 fully saturated rings. The minimum atomic E-state index is 0.454. The van der Waals surface area contributed by atoms with Crippen molar-refractivity contribution in [1.82, 2.24) is 4.98 Å². The van der Waals surface area contributed by atoms with Gasteiger partial charge in [-0.25, -0.2) is 4.98 Å². The van der Waals surface area contributed by atoms with E-state index >= 15 is 0 Å². The second-order valence-corrected chi connectivity index (χ2v) is 5.97. The average molecular weight is 302 g/mol. The van der Waals surface area contributed by atoms with E-state index in [1.54, 1.807) is 11.3 Å². The number of hydrogen-bond donors (Lipinski definition) is 2. The molecule has 1 aromatic heterocycles. The molecule has 21 heavy (non-hydrogen) atoms. The Kier molecular flexibility index (Phi) is 5.75. The van der Waals surface area contributed by atoms with Crippen molar-refractivity contribution in [2.45, 2.75) is 33.1 Å². The largest absolute Gasteiger partial charge is 0.370 e. The average Bonchev–Trinajstić information content (AvgIpc) is 2.95. The molecule has 0 saturated heterocycles. The first kappa shape index (κ1) is 15.5. The second kappa shape index (κ2) is 7.78. The number of aromatic nitrogens is 1. The Hall–Kier alpha value is -1.88. The fourth-order valence-corrected chi connectivity index (χ4v) is 2.81. The number of anilines is 1. The van der Waals surface area contributed by atoms with E-state index in [4.69, 9.17) is 5.73 Å². The van der Waals surface area contributed by atoms with E-state index in [2.05, 4.69) is 41.3 Å². The Morgan fingerprint density at radius 2 is 2.19 bits per heavy atom. The number of nitrogens with one attached hydrogen (secondary N) is 1. The number of guanidine groups is 1. The van der Waals surface area contributed by atoms with Gasteiger partial charge in [-0.3, -0.25) is 4.99 Å². The number of nitrogens with two attached hydrogens (primary N) is 1. The maximum Gasteiger partial charge on any atom is 0.193 e. The van der Waals surface area contributed by atoms with Gasteiger partial charge >= 0.3 is 0 Å². The van der Waals surface area contributed by atoms with E-state index in [9.17, 15) is 0 Å². The van der Waals surface area contributed by atoms with E-state index in [1.807, 2.05) is 18.3 Å². The molecule has 2 rings (SSSR count). The normalized spacial score (nSPS) is 11.6. The first-order chi connectivity index (χ1) is 10.2. The Morgan fingerprint density at radius 1 is 1.33 bits per heavy atom. The Bertz CT molecular complexity index is 604. The van der Waals surface area contributed by atoms with Gasteiger partial charge in [0, 0.05) is 29.7 Å². The summed E-state index contributed by atoms with van der Waals surface area (Å²) in [5.74, 6) is 0.454. The zero-order valence-corrected chi connectivity index (χ0v) is 13.4. The van der Waals surface area contributed by atoms with Crippen molar-refractivity contribution in [1.29, 1.82) is 0 Å². The molecule has 0 spiro atoms. The lowest BCUT2D eigenvalue weighted by molar-refractivity contribution is 0.949. The first-order valence-corrected chi connectivity index (χ1v) is 8.12. The van der Waals surface area contributed by atoms with Crippen molar-refractivity contribution in [3.05, 3.63) is 45.9 Å². The van der Waals surface area contributed by atoms with Crippen molar-refractivity contribution < 1.29 is 0 Å². The van der Waals surface area contributed by atoms with Crippen LogP contribution < -0.4 is 11.1 Å². The van der Waals surface area contributed by atoms with Gasteiger partial charge in [0.2, 0.25) is 0 Å². The quantitative estimate of drug-likeness (QED) is 0.636. The smallest absolute Gasteiger partial charge is 0.193 e. The minimum absolute atomic E-state index is 0.454. The van der Waals surface area contributed by atoms with E-state index < -0.39 is 0 Å². The van der Waals surface area contributed by atoms with Gasteiger partial charge in [-0.1, -0.05) is 26.0 Å². The molecule has 2 aromatic rings. The van der Waals surface area contributed by atoms with Crippen LogP contribution >= 0.6 is 11.3 Å². The Labute approximate surface area is 130 Å². The number of benzene rings is 1. The third-order valence-corrected chi connectivity index (χ3v) is 4.37. The lowest BCUT2D eigenvalue weighted by atomic mass is 10.1. The maximum absolute atomic E-state index is 5.91. The molecule has 3 N–H and O–H groups in total. The molecule has 0 aliphatic rings. The lowest BCUT2D eigenvalue weighted by Crippen LogP contribution is -2.23. The molecular weight excluding hydrogens is 280 g/mol. The molecular formula is C16H22N4S. The molecule has 1 aromatic carbocycles. The number of aryl methyl sites for hydroxylation is 2. The van der Waals surface area contributed by atoms with Crippen LogP contribution in [0, 0.1) is 0 Å². The van der Waals surface area contributed by atoms with Gasteiger partial charge in [0.05, 0.1) is 5.01 Å². The van der Waals surface area contributed by atoms with Crippen LogP contribution in [0.3, 0.4) is 0 Å². The van der Waals surface area contributed by atoms with Crippen LogP contribution in [0.5, 0.6) is 0 Å². The van der Waals surface area contributed by atoms with Crippen LogP contribution in [0.1, 0.15) is 29.3 Å². The molecule has 0 aliphatic carbocycles. The Morgan fingerprint density at radius 3 is 2.90 bits per heavy atom. The van der Waals surface area contributed by atoms with Crippen LogP contribution in [0.2, 0.25) is 0 Å². The summed E-state index contributed by atoms with van der Waals surface area (Å²) in [5.41, 5.74) is 8.18. The maximum atomic E-state index is 5.91. The summed E-state index contributed by atoms with van der Waals surface area (Å²) in [4.78, 5) is 10.1. The lowest BCUT2D eigenvalue weighted by Gasteiger charge is -2.06. The van der Waals surface area contributed by atoms with Gasteiger partial charge in [0.1, 0.15) is 0 Å². The molecule has 0 unspecified atom stereocenters. The predicted molar refractivity (Wildman–Crippen MR) is 91.1 cm³/mol. The molecule has 0 aliphatic heterocycles. The SMILES string of the molecule is CCc1cccc(NC(N)=NCCc2ncc(CC)s2)c1. The highest BCUT2D eigenvalue weighted by Crippen LogP contribution is 2.14. The fraction of sp³-hybridized carbons (Fsp3) is 0.375. The highest BCUT2D eigenvalue weighted by atomic mass is 32.1. The highest BCUT2D eigenvalue weighted by molar-refractivity contribution is 7.11. The summed E-state index contributed by atoms with van der Waals surface area (Å²) < 4.78 is 0. The van der Waals surface area contributed by atoms with Crippen molar-refractivity contribution in [2.75, 3.05) is 11.9 Å². The molecule has 0 radical (unpaired) electrons. The van der Waals surface area contributed by atoms with Crippen molar-refractivity contribution >= 4 is 23.0 Å². The van der Waals surface area contributed by atoms with Gasteiger partial charge in [0.15, 0.2) is 5.96 Å². The standard InChI is InChI=1S/C16H22N4S/c1-3-12-6-5-7-13(10-12)20-16(17)18-9-8-15-19-11-14(4-2)21-15/h5-7,10-11H,3-4,8-9H2,1-2H3,(H3,17,18,20). The third kappa shape index (κ3) is 4.86. The number of thiazole rings is 1. The van der Waals surface area contributed by atoms with Crippen molar-refractivity contribution in [3.63, 3.8) is 0 Å². The summed E-state index contributed by atoms with van der Waals surface area (Å²) in [6.07, 6.45) is 4.83. The zero-order chi connectivity index (χ0) is 15.1. The molecule has 0 amide bonds. The summed E-state index contributed by atoms with van der Waals surface area (Å²) in [6, 6.07) is 8.22. The summed E-state index contributed by atoms with van der Waals surface area (Å²) >= 11 is 1.75. The van der Waals surface area contributed by atoms with Crippen LogP contribution in [-0.2, 0) is 19.3 Å². The topological polar surface area (TPSA) is 63.3 Å². The molecule has 0 atom stereocenters. The molecule has 0 bridgehead atoms. The van der Waals surface area contributed by atoms with E-state index in [0.717, 1.165) is 30.0 Å². The fourth-order valence-electron chi connectivity index (χ4n) is 1.96. The summed E-state index contributed by atoms with van der Waals surface area (Å²) in [6.45, 7) is 4.93. The van der Waals surface area contributed by atoms with E-state index in [0.29, 0.717) is 12.5 Å². The van der Waals surface area contributed by atoms with Crippen molar-refractivity contribution in [3.8, 4) is 0 Å². The van der Waals surface area contributed by atoms with Crippen molar-refractivity contribution in [2.24, 2.45) is 10.7 Å². The second-order valence-electron chi connectivity index (χ2n) is 4.77. The van der Waals surface area contributed by atoms with Gasteiger partial charge in [-0.05, 0) is 30.5 Å². The van der Waals surface area contributed by atoms with Gasteiger partial charge in [-0.2, -0.15) is 0 Å². The molecule has 4 nitrogen and oxygen atoms in total. The predicted octanol–water partition coefficient (Wildman–Crippen LogP) is 3.24. The third-order valence-electron chi connectivity index (χ3n) is 3.17. The van der Waals surface area contributed by atoms with Crippen LogP contribution in [0.4, 0.5) is 5.69 Å². The molecule has 112 valence electrons. The minimum Gasteiger partial charge on any atom is -0.370 e. The summed E-state index contributed by atoms with van der Waals surface area (Å²) in [5, 5.41) is 4.25. The van der Waals surface area contributed by atoms with Gasteiger partial charge in [0.25, 0.3) is 0 Å². The van der Waals surface area contributed by atoms with Crippen LogP contribution in [0.15, 0.2) is 35.5 Å². The Balaban J connectivity index is 1.85. The van der Waals surface area contributed by atoms with Crippen LogP contribution in [-0.4, -0.2) is 17.5 Å². The number of aliphatic imine (C=N–C) groups is 1. The number of rotatable bonds is 6. The summed E-state index contributed by atoms with van der Waals surface area (Å²) in [7, 11) is 0. The monoisotopic (exact) mass is 302 g/mol. The number of hydrogen-bond acceptors (Lipinski definition) is 3. The zero-order valence-electron chi connectivity index (χ0n) is 12.6. The van der Waals surface area contributed by atoms with E-state index in [1.165, 1.54) is 10.4 Å². The molecule has 1 heterocycles. The van der Waals surface area contributed by atoms with E-state index in [-0.39, 0.29) is 0 Å². The number of nitrogens with zero attached hydrogens (tertiary/aromatic N) is 2. The van der Waals surface area contributed by atoms with Gasteiger partial charge in [-0.15, -0.1) is 11.3 Å². The highest BCUT2D eigenvalue weighted by Gasteiger charge is 2.00. The molecule has 0 saturated carbocycles. The van der Waals surface area contributed by atoms with Crippen LogP contribution in [0.25, 0.3) is 0 Å². The first-order valence-electron chi connectivity index (χ1n) is 7.30. The van der Waals surface area contributed by atoms with Gasteiger partial charge < -0.3 is 11.1 Å². The molecule has 5 heteroatoms.